The minimum Gasteiger partial charge on any atom is -0.370 e. The molecule has 168 valence electrons. The minimum atomic E-state index is -0.522. The molecule has 2 amide bonds. The number of carbonyl (C=O) groups is 2. The van der Waals surface area contributed by atoms with E-state index in [4.69, 9.17) is 21.4 Å². The van der Waals surface area contributed by atoms with Gasteiger partial charge in [0.2, 0.25) is 11.8 Å². The van der Waals surface area contributed by atoms with Gasteiger partial charge in [0.1, 0.15) is 0 Å². The normalized spacial score (nSPS) is 31.1. The Bertz CT molecular complexity index is 1330. The van der Waals surface area contributed by atoms with E-state index >= 15 is 0 Å². The molecule has 0 spiro atoms. The van der Waals surface area contributed by atoms with Crippen LogP contribution >= 0.6 is 11.6 Å². The molecule has 0 aromatic heterocycles. The van der Waals surface area contributed by atoms with Gasteiger partial charge in [-0.3, -0.25) is 14.6 Å². The van der Waals surface area contributed by atoms with Crippen molar-refractivity contribution in [2.45, 2.75) is 18.2 Å². The van der Waals surface area contributed by atoms with Crippen molar-refractivity contribution in [1.29, 1.82) is 0 Å². The van der Waals surface area contributed by atoms with E-state index in [2.05, 4.69) is 0 Å². The highest BCUT2D eigenvalue weighted by Gasteiger charge is 2.72. The van der Waals surface area contributed by atoms with Gasteiger partial charge in [0.05, 0.1) is 53.1 Å². The first kappa shape index (κ1) is 19.9. The summed E-state index contributed by atoms with van der Waals surface area (Å²) >= 11 is 6.03. The molecule has 4 heterocycles. The fourth-order valence-corrected chi connectivity index (χ4v) is 6.25. The third kappa shape index (κ3) is 2.64. The van der Waals surface area contributed by atoms with Crippen LogP contribution in [0.3, 0.4) is 0 Å². The number of hydrazone groups is 1. The largest absolute Gasteiger partial charge is 0.370 e. The smallest absolute Gasteiger partial charge is 0.240 e. The molecule has 0 radical (unpaired) electrons. The van der Waals surface area contributed by atoms with Crippen molar-refractivity contribution in [2.24, 2.45) is 22.9 Å². The van der Waals surface area contributed by atoms with Crippen molar-refractivity contribution in [1.82, 2.24) is 0 Å². The second kappa shape index (κ2) is 7.26. The summed E-state index contributed by atoms with van der Waals surface area (Å²) in [6, 6.07) is 26.7. The lowest BCUT2D eigenvalue weighted by molar-refractivity contribution is -0.125. The molecule has 0 aliphatic carbocycles. The topological polar surface area (TPSA) is 62.2 Å². The summed E-state index contributed by atoms with van der Waals surface area (Å²) in [6.45, 7) is 0. The van der Waals surface area contributed by atoms with Crippen molar-refractivity contribution in [3.05, 3.63) is 95.5 Å². The van der Waals surface area contributed by atoms with Crippen molar-refractivity contribution in [2.75, 3.05) is 9.91 Å². The number of rotatable bonds is 3. The van der Waals surface area contributed by atoms with E-state index < -0.39 is 24.0 Å². The van der Waals surface area contributed by atoms with Gasteiger partial charge in [-0.1, -0.05) is 60.1 Å². The highest BCUT2D eigenvalue weighted by Crippen LogP contribution is 2.56. The summed E-state index contributed by atoms with van der Waals surface area (Å²) in [5.74, 6) is -1.54. The van der Waals surface area contributed by atoms with Crippen LogP contribution in [-0.2, 0) is 14.3 Å². The van der Waals surface area contributed by atoms with Gasteiger partial charge in [0, 0.05) is 5.02 Å². The molecular formula is C27H20ClN3O3. The molecule has 7 heteroatoms. The standard InChI is InChI=1S/C27H20ClN3O3/c28-16-11-13-17(14-12-16)30-26(32)19-20(27(30)33)25-23-21(24(19)34-25)22(15-7-3-1-4-8-15)29-31(23)18-9-5-2-6-10-18/h1-14,19-21,23-25H/t19-,20+,21+,23-,24-,25+/m1/s1. The van der Waals surface area contributed by atoms with Crippen molar-refractivity contribution >= 4 is 40.5 Å². The molecule has 3 aromatic carbocycles. The molecule has 3 aromatic rings. The lowest BCUT2D eigenvalue weighted by Crippen LogP contribution is -2.50. The summed E-state index contributed by atoms with van der Waals surface area (Å²) in [5, 5.41) is 7.59. The molecule has 34 heavy (non-hydrogen) atoms. The number of carbonyl (C=O) groups excluding carboxylic acids is 2. The van der Waals surface area contributed by atoms with Crippen LogP contribution < -0.4 is 9.91 Å². The maximum absolute atomic E-state index is 13.6. The molecule has 4 aliphatic rings. The Morgan fingerprint density at radius 2 is 1.32 bits per heavy atom. The fourth-order valence-electron chi connectivity index (χ4n) is 6.13. The van der Waals surface area contributed by atoms with E-state index in [1.54, 1.807) is 24.3 Å². The van der Waals surface area contributed by atoms with Crippen molar-refractivity contribution in [3.8, 4) is 0 Å². The second-order valence-corrected chi connectivity index (χ2v) is 9.59. The lowest BCUT2D eigenvalue weighted by Gasteiger charge is -2.32. The van der Waals surface area contributed by atoms with Gasteiger partial charge >= 0.3 is 0 Å². The summed E-state index contributed by atoms with van der Waals surface area (Å²) in [4.78, 5) is 28.5. The van der Waals surface area contributed by atoms with Crippen LogP contribution in [0.4, 0.5) is 11.4 Å². The lowest BCUT2D eigenvalue weighted by atomic mass is 9.70. The Balaban J connectivity index is 1.32. The quantitative estimate of drug-likeness (QED) is 0.541. The number of amides is 2. The number of fused-ring (bicyclic) bond motifs is 8. The number of ether oxygens (including phenoxy) is 1. The molecule has 4 aliphatic heterocycles. The molecule has 3 saturated heterocycles. The Labute approximate surface area is 201 Å². The number of halogens is 1. The van der Waals surface area contributed by atoms with Crippen molar-refractivity contribution in [3.63, 3.8) is 0 Å². The molecule has 6 atom stereocenters. The van der Waals surface area contributed by atoms with Crippen LogP contribution in [0, 0.1) is 17.8 Å². The van der Waals surface area contributed by atoms with Gasteiger partial charge in [0.15, 0.2) is 0 Å². The van der Waals surface area contributed by atoms with E-state index in [1.807, 2.05) is 65.7 Å². The van der Waals surface area contributed by atoms with Crippen LogP contribution in [0.5, 0.6) is 0 Å². The Morgan fingerprint density at radius 1 is 0.706 bits per heavy atom. The van der Waals surface area contributed by atoms with Gasteiger partial charge in [0.25, 0.3) is 0 Å². The number of hydrogen-bond donors (Lipinski definition) is 0. The number of hydrogen-bond acceptors (Lipinski definition) is 5. The maximum atomic E-state index is 13.6. The third-order valence-corrected chi connectivity index (χ3v) is 7.72. The number of nitrogens with zero attached hydrogens (tertiary/aromatic N) is 3. The molecule has 6 nitrogen and oxygen atoms in total. The molecular weight excluding hydrogens is 450 g/mol. The predicted octanol–water partition coefficient (Wildman–Crippen LogP) is 4.14. The molecule has 0 unspecified atom stereocenters. The van der Waals surface area contributed by atoms with E-state index in [0.717, 1.165) is 17.0 Å². The summed E-state index contributed by atoms with van der Waals surface area (Å²) < 4.78 is 6.44. The zero-order valence-electron chi connectivity index (χ0n) is 18.0. The zero-order chi connectivity index (χ0) is 23.0. The number of para-hydroxylation sites is 1. The van der Waals surface area contributed by atoms with Gasteiger partial charge in [-0.25, -0.2) is 4.90 Å². The van der Waals surface area contributed by atoms with Crippen LogP contribution in [0.15, 0.2) is 90.0 Å². The monoisotopic (exact) mass is 469 g/mol. The first-order valence-electron chi connectivity index (χ1n) is 11.4. The molecule has 2 bridgehead atoms. The van der Waals surface area contributed by atoms with Crippen LogP contribution in [-0.4, -0.2) is 35.8 Å². The highest BCUT2D eigenvalue weighted by molar-refractivity contribution is 6.31. The van der Waals surface area contributed by atoms with E-state index in [0.29, 0.717) is 10.7 Å². The first-order chi connectivity index (χ1) is 16.6. The average Bonchev–Trinajstić information content (AvgIpc) is 3.60. The van der Waals surface area contributed by atoms with Gasteiger partial charge in [-0.05, 0) is 42.0 Å². The summed E-state index contributed by atoms with van der Waals surface area (Å²) in [7, 11) is 0. The summed E-state index contributed by atoms with van der Waals surface area (Å²) in [5.41, 5.74) is 3.42. The molecule has 0 N–H and O–H groups in total. The van der Waals surface area contributed by atoms with Gasteiger partial charge < -0.3 is 4.74 Å². The molecule has 0 saturated carbocycles. The van der Waals surface area contributed by atoms with Gasteiger partial charge in [-0.15, -0.1) is 0 Å². The fraction of sp³-hybridized carbons (Fsp3) is 0.222. The van der Waals surface area contributed by atoms with Crippen LogP contribution in [0.1, 0.15) is 5.56 Å². The molecule has 3 fully saturated rings. The Kier molecular flexibility index (Phi) is 4.26. The Hall–Kier alpha value is -3.48. The van der Waals surface area contributed by atoms with Gasteiger partial charge in [-0.2, -0.15) is 5.10 Å². The maximum Gasteiger partial charge on any atom is 0.240 e. The van der Waals surface area contributed by atoms with Crippen LogP contribution in [0.2, 0.25) is 5.02 Å². The minimum absolute atomic E-state index is 0.101. The average molecular weight is 470 g/mol. The predicted molar refractivity (Wildman–Crippen MR) is 129 cm³/mol. The van der Waals surface area contributed by atoms with Crippen molar-refractivity contribution < 1.29 is 14.3 Å². The second-order valence-electron chi connectivity index (χ2n) is 9.15. The van der Waals surface area contributed by atoms with Crippen LogP contribution in [0.25, 0.3) is 0 Å². The van der Waals surface area contributed by atoms with E-state index in [-0.39, 0.29) is 23.8 Å². The summed E-state index contributed by atoms with van der Waals surface area (Å²) in [6.07, 6.45) is -0.819. The van der Waals surface area contributed by atoms with E-state index in [9.17, 15) is 9.59 Å². The highest BCUT2D eigenvalue weighted by atomic mass is 35.5. The number of imide groups is 1. The number of benzene rings is 3. The first-order valence-corrected chi connectivity index (χ1v) is 11.8. The number of anilines is 2. The zero-order valence-corrected chi connectivity index (χ0v) is 18.7. The third-order valence-electron chi connectivity index (χ3n) is 7.47. The Morgan fingerprint density at radius 3 is 2.00 bits per heavy atom. The van der Waals surface area contributed by atoms with E-state index in [1.165, 1.54) is 4.90 Å². The molecule has 7 rings (SSSR count). The SMILES string of the molecule is O=C1[C@@H]2[C@@H]3O[C@@H]([C@H]4C(c5ccccc5)=NN(c5ccccc5)[C@@H]34)[C@@H]2C(=O)N1c1ccc(Cl)cc1.